The van der Waals surface area contributed by atoms with Crippen LogP contribution in [0.4, 0.5) is 5.69 Å². The molecule has 2 N–H and O–H groups in total. The molecule has 0 aliphatic heterocycles. The third-order valence-corrected chi connectivity index (χ3v) is 5.88. The number of carbonyl (C=O) groups excluding carboxylic acids is 1. The van der Waals surface area contributed by atoms with Gasteiger partial charge in [-0.3, -0.25) is 9.52 Å². The van der Waals surface area contributed by atoms with E-state index in [0.29, 0.717) is 11.3 Å². The van der Waals surface area contributed by atoms with Gasteiger partial charge in [-0.2, -0.15) is 0 Å². The quantitative estimate of drug-likeness (QED) is 0.754. The average Bonchev–Trinajstić information content (AvgIpc) is 2.68. The van der Waals surface area contributed by atoms with Gasteiger partial charge in [0.2, 0.25) is 0 Å². The van der Waals surface area contributed by atoms with Gasteiger partial charge in [0, 0.05) is 17.3 Å². The second kappa shape index (κ2) is 9.06. The Labute approximate surface area is 166 Å². The molecule has 1 aliphatic rings. The van der Waals surface area contributed by atoms with E-state index >= 15 is 0 Å². The van der Waals surface area contributed by atoms with Crippen molar-refractivity contribution in [1.82, 2.24) is 5.32 Å². The number of hydrogen-bond donors (Lipinski definition) is 2. The Bertz CT molecular complexity index is 927. The molecule has 0 unspecified atom stereocenters. The minimum absolute atomic E-state index is 0.111. The molecule has 6 heteroatoms. The van der Waals surface area contributed by atoms with Crippen LogP contribution in [0.15, 0.2) is 53.9 Å². The number of hydrogen-bond acceptors (Lipinski definition) is 3. The van der Waals surface area contributed by atoms with E-state index in [1.165, 1.54) is 6.42 Å². The van der Waals surface area contributed by atoms with Crippen LogP contribution in [0.25, 0.3) is 6.08 Å². The molecule has 0 heterocycles. The predicted octanol–water partition coefficient (Wildman–Crippen LogP) is 4.47. The van der Waals surface area contributed by atoms with Gasteiger partial charge in [-0.15, -0.1) is 0 Å². The zero-order valence-corrected chi connectivity index (χ0v) is 16.8. The van der Waals surface area contributed by atoms with Crippen LogP contribution < -0.4 is 10.0 Å². The van der Waals surface area contributed by atoms with Crippen LogP contribution in [0.3, 0.4) is 0 Å². The third kappa shape index (κ3) is 5.96. The van der Waals surface area contributed by atoms with Gasteiger partial charge in [0.25, 0.3) is 15.9 Å². The Morgan fingerprint density at radius 2 is 1.61 bits per heavy atom. The zero-order valence-electron chi connectivity index (χ0n) is 16.0. The first kappa shape index (κ1) is 20.1. The van der Waals surface area contributed by atoms with E-state index in [1.54, 1.807) is 30.3 Å². The molecule has 1 amide bonds. The maximum absolute atomic E-state index is 12.3. The molecular weight excluding hydrogens is 372 g/mol. The van der Waals surface area contributed by atoms with Gasteiger partial charge >= 0.3 is 0 Å². The van der Waals surface area contributed by atoms with Crippen LogP contribution in [0.1, 0.15) is 53.6 Å². The summed E-state index contributed by atoms with van der Waals surface area (Å²) in [7, 11) is -3.63. The SMILES string of the molecule is Cc1ccc(/C=C/S(=O)(=O)Nc2ccc(C(=O)NC3CCCCC3)cc2)cc1. The maximum atomic E-state index is 12.3. The van der Waals surface area contributed by atoms with Gasteiger partial charge in [-0.1, -0.05) is 49.1 Å². The number of nitrogens with one attached hydrogen (secondary N) is 2. The summed E-state index contributed by atoms with van der Waals surface area (Å²) < 4.78 is 27.0. The number of amides is 1. The minimum Gasteiger partial charge on any atom is -0.349 e. The van der Waals surface area contributed by atoms with Gasteiger partial charge in [-0.05, 0) is 55.7 Å². The molecule has 148 valence electrons. The summed E-state index contributed by atoms with van der Waals surface area (Å²) >= 11 is 0. The summed E-state index contributed by atoms with van der Waals surface area (Å²) in [6.07, 6.45) is 7.14. The van der Waals surface area contributed by atoms with E-state index in [0.717, 1.165) is 42.2 Å². The van der Waals surface area contributed by atoms with Gasteiger partial charge in [-0.25, -0.2) is 8.42 Å². The summed E-state index contributed by atoms with van der Waals surface area (Å²) in [6.45, 7) is 1.98. The Morgan fingerprint density at radius 1 is 0.964 bits per heavy atom. The van der Waals surface area contributed by atoms with Crippen molar-refractivity contribution >= 4 is 27.7 Å². The van der Waals surface area contributed by atoms with Crippen molar-refractivity contribution in [3.05, 3.63) is 70.6 Å². The van der Waals surface area contributed by atoms with Crippen molar-refractivity contribution in [2.45, 2.75) is 45.1 Å². The number of carbonyl (C=O) groups is 1. The number of rotatable bonds is 6. The predicted molar refractivity (Wildman–Crippen MR) is 114 cm³/mol. The van der Waals surface area contributed by atoms with E-state index in [9.17, 15) is 13.2 Å². The Morgan fingerprint density at radius 3 is 2.25 bits per heavy atom. The van der Waals surface area contributed by atoms with Crippen molar-refractivity contribution in [2.24, 2.45) is 0 Å². The normalized spacial score (nSPS) is 15.5. The highest BCUT2D eigenvalue weighted by molar-refractivity contribution is 7.95. The molecule has 3 rings (SSSR count). The lowest BCUT2D eigenvalue weighted by atomic mass is 9.95. The molecule has 2 aromatic carbocycles. The third-order valence-electron chi connectivity index (χ3n) is 4.86. The molecule has 0 atom stereocenters. The van der Waals surface area contributed by atoms with Crippen LogP contribution in [0.5, 0.6) is 0 Å². The summed E-state index contributed by atoms with van der Waals surface area (Å²) in [5.41, 5.74) is 2.88. The van der Waals surface area contributed by atoms with Crippen LogP contribution in [-0.2, 0) is 10.0 Å². The van der Waals surface area contributed by atoms with E-state index in [-0.39, 0.29) is 11.9 Å². The second-order valence-corrected chi connectivity index (χ2v) is 8.81. The highest BCUT2D eigenvalue weighted by Gasteiger charge is 2.16. The standard InChI is InChI=1S/C22H26N2O3S/c1-17-7-9-18(10-8-17)15-16-28(26,27)24-21-13-11-19(12-14-21)22(25)23-20-5-3-2-4-6-20/h7-16,20,24H,2-6H2,1H3,(H,23,25)/b16-15+. The number of aryl methyl sites for hydroxylation is 1. The maximum Gasteiger partial charge on any atom is 0.255 e. The number of sulfonamides is 1. The van der Waals surface area contributed by atoms with Gasteiger partial charge < -0.3 is 5.32 Å². The summed E-state index contributed by atoms with van der Waals surface area (Å²) in [5, 5.41) is 4.20. The van der Waals surface area contributed by atoms with Crippen LogP contribution in [-0.4, -0.2) is 20.4 Å². The lowest BCUT2D eigenvalue weighted by Gasteiger charge is -2.22. The van der Waals surface area contributed by atoms with E-state index < -0.39 is 10.0 Å². The highest BCUT2D eigenvalue weighted by Crippen LogP contribution is 2.18. The first-order valence-corrected chi connectivity index (χ1v) is 11.1. The van der Waals surface area contributed by atoms with Crippen LogP contribution in [0, 0.1) is 6.92 Å². The summed E-state index contributed by atoms with van der Waals surface area (Å²) in [4.78, 5) is 12.3. The fourth-order valence-electron chi connectivity index (χ4n) is 3.25. The monoisotopic (exact) mass is 398 g/mol. The van der Waals surface area contributed by atoms with Crippen LogP contribution in [0.2, 0.25) is 0 Å². The highest BCUT2D eigenvalue weighted by atomic mass is 32.2. The lowest BCUT2D eigenvalue weighted by Crippen LogP contribution is -2.36. The molecule has 28 heavy (non-hydrogen) atoms. The molecule has 2 aromatic rings. The fraction of sp³-hybridized carbons (Fsp3) is 0.318. The Hall–Kier alpha value is -2.60. The van der Waals surface area contributed by atoms with Gasteiger partial charge in [0.1, 0.15) is 0 Å². The van der Waals surface area contributed by atoms with Gasteiger partial charge in [0.05, 0.1) is 5.41 Å². The molecule has 0 aromatic heterocycles. The molecule has 1 fully saturated rings. The lowest BCUT2D eigenvalue weighted by molar-refractivity contribution is 0.0927. The van der Waals surface area contributed by atoms with Crippen molar-refractivity contribution in [3.63, 3.8) is 0 Å². The molecule has 0 radical (unpaired) electrons. The van der Waals surface area contributed by atoms with Crippen LogP contribution >= 0.6 is 0 Å². The molecular formula is C22H26N2O3S. The Balaban J connectivity index is 1.59. The first-order chi connectivity index (χ1) is 13.4. The summed E-state index contributed by atoms with van der Waals surface area (Å²) in [5.74, 6) is -0.111. The first-order valence-electron chi connectivity index (χ1n) is 9.60. The van der Waals surface area contributed by atoms with E-state index in [4.69, 9.17) is 0 Å². The second-order valence-electron chi connectivity index (χ2n) is 7.25. The molecule has 1 saturated carbocycles. The van der Waals surface area contributed by atoms with Gasteiger partial charge in [0.15, 0.2) is 0 Å². The molecule has 1 aliphatic carbocycles. The summed E-state index contributed by atoms with van der Waals surface area (Å²) in [6, 6.07) is 14.3. The molecule has 0 saturated heterocycles. The van der Waals surface area contributed by atoms with Crippen molar-refractivity contribution in [2.75, 3.05) is 4.72 Å². The average molecular weight is 399 g/mol. The minimum atomic E-state index is -3.63. The zero-order chi connectivity index (χ0) is 20.0. The molecule has 0 spiro atoms. The Kier molecular flexibility index (Phi) is 6.52. The van der Waals surface area contributed by atoms with Crippen molar-refractivity contribution in [3.8, 4) is 0 Å². The smallest absolute Gasteiger partial charge is 0.255 e. The van der Waals surface area contributed by atoms with E-state index in [1.807, 2.05) is 31.2 Å². The van der Waals surface area contributed by atoms with E-state index in [2.05, 4.69) is 10.0 Å². The largest absolute Gasteiger partial charge is 0.349 e. The molecule has 0 bridgehead atoms. The fourth-order valence-corrected chi connectivity index (χ4v) is 4.12. The molecule has 5 nitrogen and oxygen atoms in total. The van der Waals surface area contributed by atoms with Crippen molar-refractivity contribution < 1.29 is 13.2 Å². The topological polar surface area (TPSA) is 75.3 Å². The number of benzene rings is 2. The van der Waals surface area contributed by atoms with Crippen molar-refractivity contribution in [1.29, 1.82) is 0 Å². The number of anilines is 1.